The Morgan fingerprint density at radius 3 is 2.43 bits per heavy atom. The molecule has 5 nitrogen and oxygen atoms in total. The highest BCUT2D eigenvalue weighted by Gasteiger charge is 2.35. The van der Waals surface area contributed by atoms with Crippen LogP contribution in [0.25, 0.3) is 11.6 Å². The van der Waals surface area contributed by atoms with Crippen molar-refractivity contribution in [3.8, 4) is 0 Å². The molecule has 1 N–H and O–H groups in total. The zero-order valence-corrected chi connectivity index (χ0v) is 16.9. The molecule has 30 heavy (non-hydrogen) atoms. The van der Waals surface area contributed by atoms with E-state index in [0.717, 1.165) is 34.5 Å². The molecular weight excluding hydrogens is 391 g/mol. The average Bonchev–Trinajstić information content (AvgIpc) is 3.30. The summed E-state index contributed by atoms with van der Waals surface area (Å²) < 4.78 is 38.6. The number of alkyl halides is 3. The van der Waals surface area contributed by atoms with Gasteiger partial charge < -0.3 is 4.90 Å². The van der Waals surface area contributed by atoms with Crippen molar-refractivity contribution in [2.24, 2.45) is 5.92 Å². The van der Waals surface area contributed by atoms with Gasteiger partial charge in [-0.3, -0.25) is 0 Å². The Morgan fingerprint density at radius 2 is 1.83 bits per heavy atom. The lowest BCUT2D eigenvalue weighted by molar-refractivity contribution is -0.137. The molecule has 2 aromatic carbocycles. The van der Waals surface area contributed by atoms with Gasteiger partial charge in [-0.05, 0) is 58.4 Å². The number of hydrogen-bond acceptors (Lipinski definition) is 4. The van der Waals surface area contributed by atoms with Crippen molar-refractivity contribution >= 4 is 17.3 Å². The number of benzene rings is 2. The summed E-state index contributed by atoms with van der Waals surface area (Å²) in [6.45, 7) is 2.13. The number of halogens is 3. The van der Waals surface area contributed by atoms with Crippen LogP contribution in [0.2, 0.25) is 0 Å². The lowest BCUT2D eigenvalue weighted by atomic mass is 9.88. The number of nitrogens with zero attached hydrogens (tertiary/aromatic N) is 4. The van der Waals surface area contributed by atoms with Crippen molar-refractivity contribution < 1.29 is 13.2 Å². The van der Waals surface area contributed by atoms with E-state index in [1.807, 2.05) is 25.1 Å². The minimum Gasteiger partial charge on any atom is -0.378 e. The van der Waals surface area contributed by atoms with Crippen molar-refractivity contribution in [1.82, 2.24) is 20.6 Å². The Hall–Kier alpha value is -3.16. The number of H-pyrrole nitrogens is 1. The van der Waals surface area contributed by atoms with Gasteiger partial charge in [0.15, 0.2) is 5.82 Å². The van der Waals surface area contributed by atoms with Crippen LogP contribution >= 0.6 is 0 Å². The number of allylic oxidation sites excluding steroid dienone is 1. The molecule has 0 fully saturated rings. The number of rotatable bonds is 4. The smallest absolute Gasteiger partial charge is 0.378 e. The van der Waals surface area contributed by atoms with Crippen molar-refractivity contribution in [2.45, 2.75) is 25.4 Å². The molecule has 0 saturated carbocycles. The SMILES string of the molecule is CC1C(=Cc2ccc(C(F)(F)F)cc2)c2ccc(N(C)C)cc2C1Cc1nn[nH]n1. The second-order valence-corrected chi connectivity index (χ2v) is 7.81. The Morgan fingerprint density at radius 1 is 1.10 bits per heavy atom. The maximum absolute atomic E-state index is 12.9. The van der Waals surface area contributed by atoms with Crippen LogP contribution in [0.1, 0.15) is 40.9 Å². The van der Waals surface area contributed by atoms with Crippen molar-refractivity contribution in [3.63, 3.8) is 0 Å². The van der Waals surface area contributed by atoms with Gasteiger partial charge in [0.25, 0.3) is 0 Å². The summed E-state index contributed by atoms with van der Waals surface area (Å²) in [5.41, 5.74) is 4.60. The maximum Gasteiger partial charge on any atom is 0.416 e. The van der Waals surface area contributed by atoms with Crippen LogP contribution in [0.3, 0.4) is 0 Å². The molecular formula is C22H22F3N5. The Balaban J connectivity index is 1.74. The minimum absolute atomic E-state index is 0.151. The fourth-order valence-corrected chi connectivity index (χ4v) is 4.04. The highest BCUT2D eigenvalue weighted by atomic mass is 19.4. The maximum atomic E-state index is 12.9. The van der Waals surface area contributed by atoms with E-state index < -0.39 is 11.7 Å². The van der Waals surface area contributed by atoms with E-state index in [1.54, 1.807) is 0 Å². The van der Waals surface area contributed by atoms with Gasteiger partial charge in [0.1, 0.15) is 0 Å². The number of hydrogen-bond donors (Lipinski definition) is 1. The van der Waals surface area contributed by atoms with E-state index in [-0.39, 0.29) is 11.8 Å². The van der Waals surface area contributed by atoms with Gasteiger partial charge in [0, 0.05) is 26.2 Å². The first-order valence-electron chi connectivity index (χ1n) is 9.67. The average molecular weight is 413 g/mol. The zero-order valence-electron chi connectivity index (χ0n) is 16.9. The number of aromatic nitrogens is 4. The molecule has 4 rings (SSSR count). The molecule has 0 bridgehead atoms. The van der Waals surface area contributed by atoms with Crippen LogP contribution in [0, 0.1) is 5.92 Å². The van der Waals surface area contributed by atoms with Gasteiger partial charge in [-0.2, -0.15) is 18.4 Å². The topological polar surface area (TPSA) is 57.7 Å². The molecule has 1 aliphatic carbocycles. The first kappa shape index (κ1) is 20.1. The summed E-state index contributed by atoms with van der Waals surface area (Å²) >= 11 is 0. The fourth-order valence-electron chi connectivity index (χ4n) is 4.04. The summed E-state index contributed by atoms with van der Waals surface area (Å²) in [6, 6.07) is 11.6. The quantitative estimate of drug-likeness (QED) is 0.668. The number of anilines is 1. The Labute approximate surface area is 172 Å². The summed E-state index contributed by atoms with van der Waals surface area (Å²) in [5, 5.41) is 14.4. The molecule has 2 atom stereocenters. The minimum atomic E-state index is -4.34. The normalized spacial score (nSPS) is 19.9. The van der Waals surface area contributed by atoms with E-state index in [2.05, 4.69) is 45.7 Å². The summed E-state index contributed by atoms with van der Waals surface area (Å²) in [6.07, 6.45) is -1.72. The van der Waals surface area contributed by atoms with Gasteiger partial charge in [-0.15, -0.1) is 10.2 Å². The van der Waals surface area contributed by atoms with Crippen LogP contribution in [-0.2, 0) is 12.6 Å². The standard InChI is InChI=1S/C22H22F3N5/c1-13-18(10-14-4-6-15(7-5-14)22(23,24)25)17-9-8-16(30(2)3)11-20(17)19(13)12-21-26-28-29-27-21/h4-11,13,19H,12H2,1-3H3,(H,26,27,28,29). The summed E-state index contributed by atoms with van der Waals surface area (Å²) in [7, 11) is 3.99. The first-order valence-corrected chi connectivity index (χ1v) is 9.67. The molecule has 1 heterocycles. The van der Waals surface area contributed by atoms with Gasteiger partial charge in [0.05, 0.1) is 5.56 Å². The molecule has 0 amide bonds. The van der Waals surface area contributed by atoms with Crippen molar-refractivity contribution in [1.29, 1.82) is 0 Å². The molecule has 156 valence electrons. The number of aromatic amines is 1. The third-order valence-corrected chi connectivity index (χ3v) is 5.71. The molecule has 0 spiro atoms. The van der Waals surface area contributed by atoms with E-state index in [9.17, 15) is 13.2 Å². The third kappa shape index (κ3) is 3.81. The van der Waals surface area contributed by atoms with Crippen LogP contribution < -0.4 is 4.90 Å². The highest BCUT2D eigenvalue weighted by Crippen LogP contribution is 2.48. The Bertz CT molecular complexity index is 1050. The number of fused-ring (bicyclic) bond motifs is 1. The van der Waals surface area contributed by atoms with Crippen LogP contribution in [0.4, 0.5) is 18.9 Å². The Kier molecular flexibility index (Phi) is 5.09. The van der Waals surface area contributed by atoms with Crippen LogP contribution in [-0.4, -0.2) is 34.7 Å². The summed E-state index contributed by atoms with van der Waals surface area (Å²) in [5.74, 6) is 0.945. The van der Waals surface area contributed by atoms with Crippen LogP contribution in [0.15, 0.2) is 42.5 Å². The molecule has 0 saturated heterocycles. The van der Waals surface area contributed by atoms with E-state index in [0.29, 0.717) is 12.2 Å². The van der Waals surface area contributed by atoms with Gasteiger partial charge in [0.2, 0.25) is 0 Å². The molecule has 8 heteroatoms. The first-order chi connectivity index (χ1) is 14.2. The van der Waals surface area contributed by atoms with Gasteiger partial charge >= 0.3 is 6.18 Å². The second kappa shape index (κ2) is 7.59. The second-order valence-electron chi connectivity index (χ2n) is 7.81. The largest absolute Gasteiger partial charge is 0.416 e. The number of tetrazole rings is 1. The highest BCUT2D eigenvalue weighted by molar-refractivity contribution is 5.88. The molecule has 1 aliphatic rings. The van der Waals surface area contributed by atoms with E-state index in [1.165, 1.54) is 17.7 Å². The lowest BCUT2D eigenvalue weighted by Crippen LogP contribution is -2.11. The lowest BCUT2D eigenvalue weighted by Gasteiger charge is -2.17. The zero-order chi connectivity index (χ0) is 21.5. The molecule has 0 radical (unpaired) electrons. The molecule has 3 aromatic rings. The predicted octanol–water partition coefficient (Wildman–Crippen LogP) is 4.80. The molecule has 1 aromatic heterocycles. The fraction of sp³-hybridized carbons (Fsp3) is 0.318. The van der Waals surface area contributed by atoms with Crippen molar-refractivity contribution in [3.05, 3.63) is 70.5 Å². The van der Waals surface area contributed by atoms with Crippen molar-refractivity contribution in [2.75, 3.05) is 19.0 Å². The number of nitrogens with one attached hydrogen (secondary N) is 1. The van der Waals surface area contributed by atoms with E-state index >= 15 is 0 Å². The van der Waals surface area contributed by atoms with Gasteiger partial charge in [-0.1, -0.05) is 36.4 Å². The van der Waals surface area contributed by atoms with Gasteiger partial charge in [-0.25, -0.2) is 0 Å². The molecule has 0 aliphatic heterocycles. The monoisotopic (exact) mass is 413 g/mol. The summed E-state index contributed by atoms with van der Waals surface area (Å²) in [4.78, 5) is 2.05. The predicted molar refractivity (Wildman–Crippen MR) is 110 cm³/mol. The third-order valence-electron chi connectivity index (χ3n) is 5.71. The van der Waals surface area contributed by atoms with Crippen LogP contribution in [0.5, 0.6) is 0 Å². The van der Waals surface area contributed by atoms with E-state index in [4.69, 9.17) is 0 Å². The molecule has 2 unspecified atom stereocenters.